The van der Waals surface area contributed by atoms with Crippen LogP contribution in [0.15, 0.2) is 23.9 Å². The lowest BCUT2D eigenvalue weighted by molar-refractivity contribution is 0.479. The summed E-state index contributed by atoms with van der Waals surface area (Å²) in [5, 5.41) is 0. The highest BCUT2D eigenvalue weighted by atomic mass is 15.1. The van der Waals surface area contributed by atoms with Crippen molar-refractivity contribution in [3.05, 3.63) is 23.9 Å². The third-order valence-electron chi connectivity index (χ3n) is 1.33. The number of likely N-dealkylation sites (N-methyl/N-ethyl adjacent to an activating group) is 1. The molecule has 0 aromatic heterocycles. The van der Waals surface area contributed by atoms with Gasteiger partial charge in [0, 0.05) is 13.6 Å². The molecule has 46 valence electrons. The van der Waals surface area contributed by atoms with Crippen molar-refractivity contribution in [3.63, 3.8) is 0 Å². The molecule has 1 aliphatic rings. The van der Waals surface area contributed by atoms with Crippen molar-refractivity contribution in [3.8, 4) is 12.3 Å². The number of terminal acetylenes is 1. The van der Waals surface area contributed by atoms with E-state index in [0.29, 0.717) is 0 Å². The zero-order chi connectivity index (χ0) is 6.69. The summed E-state index contributed by atoms with van der Waals surface area (Å²) in [6, 6.07) is 0. The van der Waals surface area contributed by atoms with Gasteiger partial charge in [0.1, 0.15) is 0 Å². The lowest BCUT2D eigenvalue weighted by atomic mass is 10.3. The average Bonchev–Trinajstić information content (AvgIpc) is 1.89. The molecule has 0 atom stereocenters. The molecule has 0 amide bonds. The first-order valence-corrected chi connectivity index (χ1v) is 2.89. The highest BCUT2D eigenvalue weighted by Crippen LogP contribution is 2.04. The van der Waals surface area contributed by atoms with Crippen molar-refractivity contribution in [1.29, 1.82) is 0 Å². The maximum Gasteiger partial charge on any atom is 0.0876 e. The predicted molar refractivity (Wildman–Crippen MR) is 38.7 cm³/mol. The Balaban J connectivity index is 2.78. The van der Waals surface area contributed by atoms with Crippen LogP contribution in [0.2, 0.25) is 0 Å². The van der Waals surface area contributed by atoms with E-state index in [0.717, 1.165) is 12.2 Å². The molecule has 0 unspecified atom stereocenters. The van der Waals surface area contributed by atoms with Crippen LogP contribution in [0.1, 0.15) is 0 Å². The number of rotatable bonds is 0. The zero-order valence-corrected chi connectivity index (χ0v) is 5.46. The smallest absolute Gasteiger partial charge is 0.0876 e. The highest BCUT2D eigenvalue weighted by molar-refractivity contribution is 5.30. The molecule has 0 aromatic rings. The topological polar surface area (TPSA) is 3.24 Å². The summed E-state index contributed by atoms with van der Waals surface area (Å²) in [6.07, 6.45) is 11.2. The molecule has 9 heavy (non-hydrogen) atoms. The molecule has 0 N–H and O–H groups in total. The fraction of sp³-hybridized carbons (Fsp3) is 0.250. The third-order valence-corrected chi connectivity index (χ3v) is 1.33. The number of hydrogen-bond donors (Lipinski definition) is 0. The van der Waals surface area contributed by atoms with Crippen molar-refractivity contribution < 1.29 is 0 Å². The van der Waals surface area contributed by atoms with Gasteiger partial charge in [-0.05, 0) is 6.08 Å². The van der Waals surface area contributed by atoms with Gasteiger partial charge in [0.15, 0.2) is 0 Å². The molecule has 0 radical (unpaired) electrons. The second-order valence-electron chi connectivity index (χ2n) is 2.00. The molecule has 0 aliphatic carbocycles. The lowest BCUT2D eigenvalue weighted by Crippen LogP contribution is -2.18. The number of allylic oxidation sites excluding steroid dienone is 3. The van der Waals surface area contributed by atoms with Gasteiger partial charge < -0.3 is 4.90 Å². The Morgan fingerprint density at radius 3 is 3.00 bits per heavy atom. The fourth-order valence-corrected chi connectivity index (χ4v) is 0.762. The van der Waals surface area contributed by atoms with Gasteiger partial charge in [-0.15, -0.1) is 6.42 Å². The van der Waals surface area contributed by atoms with E-state index in [4.69, 9.17) is 6.42 Å². The van der Waals surface area contributed by atoms with Crippen LogP contribution >= 0.6 is 0 Å². The minimum atomic E-state index is 0.927. The molecule has 0 saturated carbocycles. The van der Waals surface area contributed by atoms with Crippen LogP contribution < -0.4 is 0 Å². The van der Waals surface area contributed by atoms with Crippen molar-refractivity contribution in [2.45, 2.75) is 0 Å². The molecule has 1 heteroatoms. The Morgan fingerprint density at radius 2 is 2.56 bits per heavy atom. The van der Waals surface area contributed by atoms with E-state index in [1.807, 2.05) is 24.1 Å². The largest absolute Gasteiger partial charge is 0.364 e. The van der Waals surface area contributed by atoms with E-state index < -0.39 is 0 Å². The maximum atomic E-state index is 5.20. The van der Waals surface area contributed by atoms with Crippen LogP contribution in [0.25, 0.3) is 0 Å². The molecule has 0 saturated heterocycles. The van der Waals surface area contributed by atoms with E-state index in [9.17, 15) is 0 Å². The van der Waals surface area contributed by atoms with Gasteiger partial charge in [-0.2, -0.15) is 0 Å². The van der Waals surface area contributed by atoms with Gasteiger partial charge in [0.25, 0.3) is 0 Å². The average molecular weight is 119 g/mol. The molecule has 1 heterocycles. The molecular formula is C8H9N. The van der Waals surface area contributed by atoms with Gasteiger partial charge in [-0.3, -0.25) is 0 Å². The third kappa shape index (κ3) is 1.14. The number of nitrogens with zero attached hydrogens (tertiary/aromatic N) is 1. The Kier molecular flexibility index (Phi) is 1.60. The number of hydrogen-bond acceptors (Lipinski definition) is 1. The SMILES string of the molecule is C#CC1=CC=CCN1C. The van der Waals surface area contributed by atoms with Crippen LogP contribution in [0.5, 0.6) is 0 Å². The van der Waals surface area contributed by atoms with Crippen LogP contribution in [-0.2, 0) is 0 Å². The Labute approximate surface area is 55.7 Å². The first-order chi connectivity index (χ1) is 4.34. The summed E-state index contributed by atoms with van der Waals surface area (Å²) < 4.78 is 0. The molecule has 1 rings (SSSR count). The normalized spacial score (nSPS) is 16.9. The minimum absolute atomic E-state index is 0.927. The van der Waals surface area contributed by atoms with E-state index in [-0.39, 0.29) is 0 Å². The standard InChI is InChI=1S/C8H9N/c1-3-8-6-4-5-7-9(8)2/h1,4-6H,7H2,2H3. The van der Waals surface area contributed by atoms with Gasteiger partial charge in [-0.1, -0.05) is 18.1 Å². The summed E-state index contributed by atoms with van der Waals surface area (Å²) in [7, 11) is 1.98. The van der Waals surface area contributed by atoms with E-state index in [1.54, 1.807) is 0 Å². The summed E-state index contributed by atoms with van der Waals surface area (Å²) in [4.78, 5) is 2.03. The van der Waals surface area contributed by atoms with Crippen LogP contribution in [-0.4, -0.2) is 18.5 Å². The maximum absolute atomic E-state index is 5.20. The predicted octanol–water partition coefficient (Wildman–Crippen LogP) is 1.01. The molecule has 0 fully saturated rings. The Bertz CT molecular complexity index is 193. The van der Waals surface area contributed by atoms with Gasteiger partial charge in [-0.25, -0.2) is 0 Å². The lowest BCUT2D eigenvalue weighted by Gasteiger charge is -2.18. The molecule has 1 nitrogen and oxygen atoms in total. The van der Waals surface area contributed by atoms with Crippen LogP contribution in [0.4, 0.5) is 0 Å². The first kappa shape index (κ1) is 5.97. The summed E-state index contributed by atoms with van der Waals surface area (Å²) in [6.45, 7) is 0.927. The van der Waals surface area contributed by atoms with Gasteiger partial charge >= 0.3 is 0 Å². The second-order valence-corrected chi connectivity index (χ2v) is 2.00. The molecular weight excluding hydrogens is 110 g/mol. The van der Waals surface area contributed by atoms with Crippen molar-refractivity contribution in [2.75, 3.05) is 13.6 Å². The second kappa shape index (κ2) is 2.41. The minimum Gasteiger partial charge on any atom is -0.364 e. The van der Waals surface area contributed by atoms with Crippen LogP contribution in [0, 0.1) is 12.3 Å². The first-order valence-electron chi connectivity index (χ1n) is 2.89. The molecule has 0 aromatic carbocycles. The van der Waals surface area contributed by atoms with Gasteiger partial charge in [0.05, 0.1) is 5.70 Å². The summed E-state index contributed by atoms with van der Waals surface area (Å²) in [5.74, 6) is 2.59. The van der Waals surface area contributed by atoms with Crippen molar-refractivity contribution in [2.24, 2.45) is 0 Å². The molecule has 0 spiro atoms. The zero-order valence-electron chi connectivity index (χ0n) is 5.46. The van der Waals surface area contributed by atoms with Crippen LogP contribution in [0.3, 0.4) is 0 Å². The molecule has 1 aliphatic heterocycles. The van der Waals surface area contributed by atoms with E-state index in [2.05, 4.69) is 12.0 Å². The van der Waals surface area contributed by atoms with E-state index >= 15 is 0 Å². The fourth-order valence-electron chi connectivity index (χ4n) is 0.762. The van der Waals surface area contributed by atoms with Crippen molar-refractivity contribution >= 4 is 0 Å². The quantitative estimate of drug-likeness (QED) is 0.430. The Hall–Kier alpha value is -1.16. The van der Waals surface area contributed by atoms with E-state index in [1.165, 1.54) is 0 Å². The molecule has 0 bridgehead atoms. The highest BCUT2D eigenvalue weighted by Gasteiger charge is 1.99. The van der Waals surface area contributed by atoms with Crippen molar-refractivity contribution in [1.82, 2.24) is 4.90 Å². The van der Waals surface area contributed by atoms with Gasteiger partial charge in [0.2, 0.25) is 0 Å². The Morgan fingerprint density at radius 1 is 1.78 bits per heavy atom. The summed E-state index contributed by atoms with van der Waals surface area (Å²) >= 11 is 0. The monoisotopic (exact) mass is 119 g/mol. The summed E-state index contributed by atoms with van der Waals surface area (Å²) in [5.41, 5.74) is 0.956.